The van der Waals surface area contributed by atoms with E-state index in [2.05, 4.69) is 9.47 Å². The molecule has 0 spiro atoms. The Morgan fingerprint density at radius 2 is 1.79 bits per heavy atom. The first-order chi connectivity index (χ1) is 12.6. The van der Waals surface area contributed by atoms with E-state index in [0.717, 1.165) is 14.0 Å². The largest absolute Gasteiger partial charge is 0.466 e. The number of allylic oxidation sites excluding steroid dienone is 1. The van der Waals surface area contributed by atoms with Crippen LogP contribution in [0, 0.1) is 5.92 Å². The van der Waals surface area contributed by atoms with Gasteiger partial charge in [-0.25, -0.2) is 20.0 Å². The maximum Gasteiger partial charge on any atom is 0.439 e. The van der Waals surface area contributed by atoms with Crippen LogP contribution in [0.3, 0.4) is 0 Å². The molecule has 0 saturated heterocycles. The molecule has 0 bridgehead atoms. The summed E-state index contributed by atoms with van der Waals surface area (Å²) < 4.78 is 55.6. The number of ether oxygens (including phenoxy) is 3. The van der Waals surface area contributed by atoms with Crippen LogP contribution < -0.4 is 5.43 Å². The third kappa shape index (κ3) is 4.32. The number of carbonyl (C=O) groups is 3. The second-order valence-electron chi connectivity index (χ2n) is 6.85. The average Bonchev–Trinajstić information content (AvgIpc) is 2.74. The number of halogens is 3. The summed E-state index contributed by atoms with van der Waals surface area (Å²) in [6, 6.07) is 0. The molecule has 1 heterocycles. The predicted octanol–water partition coefficient (Wildman–Crippen LogP) is 1.62. The van der Waals surface area contributed by atoms with Crippen LogP contribution >= 0.6 is 0 Å². The van der Waals surface area contributed by atoms with Gasteiger partial charge < -0.3 is 19.3 Å². The highest BCUT2D eigenvalue weighted by Gasteiger charge is 2.72. The molecule has 0 radical (unpaired) electrons. The first kappa shape index (κ1) is 23.5. The molecule has 1 aliphatic heterocycles. The summed E-state index contributed by atoms with van der Waals surface area (Å²) in [5.41, 5.74) is -4.70. The Labute approximate surface area is 159 Å². The van der Waals surface area contributed by atoms with E-state index in [-0.39, 0.29) is 11.6 Å². The zero-order valence-corrected chi connectivity index (χ0v) is 16.3. The van der Waals surface area contributed by atoms with Crippen molar-refractivity contribution in [3.8, 4) is 0 Å². The van der Waals surface area contributed by atoms with E-state index in [0.29, 0.717) is 0 Å². The van der Waals surface area contributed by atoms with Crippen LogP contribution in [0.15, 0.2) is 11.3 Å². The molecule has 0 aromatic carbocycles. The van der Waals surface area contributed by atoms with Gasteiger partial charge in [-0.05, 0) is 34.6 Å². The van der Waals surface area contributed by atoms with Gasteiger partial charge in [-0.3, -0.25) is 4.79 Å². The minimum atomic E-state index is -5.49. The van der Waals surface area contributed by atoms with Gasteiger partial charge in [0.1, 0.15) is 11.5 Å². The summed E-state index contributed by atoms with van der Waals surface area (Å²) in [6.45, 7) is 6.43. The number of rotatable bonds is 4. The summed E-state index contributed by atoms with van der Waals surface area (Å²) in [5, 5.41) is 10.5. The van der Waals surface area contributed by atoms with Crippen LogP contribution in [0.25, 0.3) is 0 Å². The topological polar surface area (TPSA) is 114 Å². The molecule has 160 valence electrons. The molecule has 1 amide bonds. The summed E-state index contributed by atoms with van der Waals surface area (Å²) in [7, 11) is 0.890. The monoisotopic (exact) mass is 412 g/mol. The van der Waals surface area contributed by atoms with Gasteiger partial charge in [0.2, 0.25) is 0 Å². The van der Waals surface area contributed by atoms with Crippen molar-refractivity contribution in [2.45, 2.75) is 52.1 Å². The molecule has 12 heteroatoms. The molecule has 0 aromatic heterocycles. The lowest BCUT2D eigenvalue weighted by Crippen LogP contribution is -2.66. The number of esters is 2. The fourth-order valence-electron chi connectivity index (χ4n) is 2.65. The Kier molecular flexibility index (Phi) is 6.60. The standard InChI is InChI=1S/C16H23F3N2O7/c1-7-27-12(23)10-9(11(22)26-6)8(2)21(15(10,25)16(17,18)19)20-13(24)28-14(3,4)5/h10,25H,7H2,1-6H3,(H,20,24). The number of alkyl halides is 3. The van der Waals surface area contributed by atoms with Gasteiger partial charge in [-0.15, -0.1) is 0 Å². The number of aliphatic hydroxyl groups is 1. The second-order valence-corrected chi connectivity index (χ2v) is 6.85. The highest BCUT2D eigenvalue weighted by molar-refractivity contribution is 5.98. The van der Waals surface area contributed by atoms with Crippen molar-refractivity contribution in [3.63, 3.8) is 0 Å². The molecular formula is C16H23F3N2O7. The lowest BCUT2D eigenvalue weighted by atomic mass is 9.90. The first-order valence-electron chi connectivity index (χ1n) is 8.16. The highest BCUT2D eigenvalue weighted by Crippen LogP contribution is 2.49. The Morgan fingerprint density at radius 3 is 2.18 bits per heavy atom. The Balaban J connectivity index is 3.57. The Morgan fingerprint density at radius 1 is 1.25 bits per heavy atom. The molecule has 2 N–H and O–H groups in total. The van der Waals surface area contributed by atoms with Gasteiger partial charge in [0.15, 0.2) is 0 Å². The molecule has 9 nitrogen and oxygen atoms in total. The van der Waals surface area contributed by atoms with Crippen molar-refractivity contribution in [2.24, 2.45) is 5.92 Å². The van der Waals surface area contributed by atoms with Gasteiger partial charge in [-0.2, -0.15) is 13.2 Å². The van der Waals surface area contributed by atoms with Crippen molar-refractivity contribution in [1.29, 1.82) is 0 Å². The normalized spacial score (nSPS) is 22.8. The van der Waals surface area contributed by atoms with E-state index >= 15 is 0 Å². The zero-order valence-electron chi connectivity index (χ0n) is 16.3. The average molecular weight is 412 g/mol. The number of hydrazine groups is 1. The van der Waals surface area contributed by atoms with Crippen molar-refractivity contribution in [3.05, 3.63) is 11.3 Å². The molecule has 2 unspecified atom stereocenters. The SMILES string of the molecule is CCOC(=O)C1C(C(=O)OC)=C(C)N(NC(=O)OC(C)(C)C)C1(O)C(F)(F)F. The molecule has 0 aliphatic carbocycles. The molecular weight excluding hydrogens is 389 g/mol. The maximum atomic E-state index is 13.9. The summed E-state index contributed by atoms with van der Waals surface area (Å²) in [4.78, 5) is 36.3. The minimum Gasteiger partial charge on any atom is -0.466 e. The molecule has 0 fully saturated rings. The maximum absolute atomic E-state index is 13.9. The van der Waals surface area contributed by atoms with E-state index in [1.165, 1.54) is 27.7 Å². The number of hydrogen-bond donors (Lipinski definition) is 2. The van der Waals surface area contributed by atoms with E-state index in [1.54, 1.807) is 5.43 Å². The minimum absolute atomic E-state index is 0.0328. The molecule has 1 rings (SSSR count). The van der Waals surface area contributed by atoms with Crippen LogP contribution in [-0.4, -0.2) is 59.4 Å². The van der Waals surface area contributed by atoms with Gasteiger partial charge in [-0.1, -0.05) is 0 Å². The van der Waals surface area contributed by atoms with Gasteiger partial charge in [0.05, 0.1) is 19.3 Å². The molecule has 0 saturated carbocycles. The number of amides is 1. The van der Waals surface area contributed by atoms with Crippen LogP contribution in [0.2, 0.25) is 0 Å². The lowest BCUT2D eigenvalue weighted by Gasteiger charge is -2.39. The fourth-order valence-corrected chi connectivity index (χ4v) is 2.65. The predicted molar refractivity (Wildman–Crippen MR) is 87.1 cm³/mol. The van der Waals surface area contributed by atoms with Gasteiger partial charge in [0, 0.05) is 5.70 Å². The number of hydrogen-bond acceptors (Lipinski definition) is 8. The molecule has 28 heavy (non-hydrogen) atoms. The number of carbonyl (C=O) groups excluding carboxylic acids is 3. The first-order valence-corrected chi connectivity index (χ1v) is 8.16. The van der Waals surface area contributed by atoms with E-state index in [1.807, 2.05) is 0 Å². The number of methoxy groups -OCH3 is 1. The summed E-state index contributed by atoms with van der Waals surface area (Å²) in [6.07, 6.45) is -6.83. The highest BCUT2D eigenvalue weighted by atomic mass is 19.4. The molecule has 2 atom stereocenters. The Hall–Kier alpha value is -2.50. The fraction of sp³-hybridized carbons (Fsp3) is 0.688. The summed E-state index contributed by atoms with van der Waals surface area (Å²) in [5.74, 6) is -5.34. The Bertz CT molecular complexity index is 685. The quantitative estimate of drug-likeness (QED) is 0.529. The van der Waals surface area contributed by atoms with Crippen LogP contribution in [-0.2, 0) is 23.8 Å². The van der Waals surface area contributed by atoms with E-state index in [9.17, 15) is 32.7 Å². The van der Waals surface area contributed by atoms with Crippen molar-refractivity contribution >= 4 is 18.0 Å². The zero-order chi connectivity index (χ0) is 22.1. The van der Waals surface area contributed by atoms with Crippen LogP contribution in [0.5, 0.6) is 0 Å². The third-order valence-corrected chi connectivity index (χ3v) is 3.70. The van der Waals surface area contributed by atoms with Crippen molar-refractivity contribution in [2.75, 3.05) is 13.7 Å². The van der Waals surface area contributed by atoms with Gasteiger partial charge >= 0.3 is 24.2 Å². The molecule has 1 aliphatic rings. The van der Waals surface area contributed by atoms with Gasteiger partial charge in [0.25, 0.3) is 5.72 Å². The number of nitrogens with zero attached hydrogens (tertiary/aromatic N) is 1. The molecule has 0 aromatic rings. The van der Waals surface area contributed by atoms with E-state index < -0.39 is 52.7 Å². The second kappa shape index (κ2) is 7.86. The van der Waals surface area contributed by atoms with Crippen LogP contribution in [0.1, 0.15) is 34.6 Å². The van der Waals surface area contributed by atoms with Crippen molar-refractivity contribution in [1.82, 2.24) is 10.4 Å². The lowest BCUT2D eigenvalue weighted by molar-refractivity contribution is -0.323. The smallest absolute Gasteiger partial charge is 0.439 e. The van der Waals surface area contributed by atoms with E-state index in [4.69, 9.17) is 4.74 Å². The number of nitrogens with one attached hydrogen (secondary N) is 1. The van der Waals surface area contributed by atoms with Crippen LogP contribution in [0.4, 0.5) is 18.0 Å². The van der Waals surface area contributed by atoms with Crippen molar-refractivity contribution < 1.29 is 46.9 Å². The third-order valence-electron chi connectivity index (χ3n) is 3.70. The summed E-state index contributed by atoms with van der Waals surface area (Å²) >= 11 is 0.